The van der Waals surface area contributed by atoms with Crippen molar-refractivity contribution in [1.82, 2.24) is 20.0 Å². The lowest BCUT2D eigenvalue weighted by molar-refractivity contribution is 0.448. The van der Waals surface area contributed by atoms with Gasteiger partial charge in [0, 0.05) is 23.7 Å². The van der Waals surface area contributed by atoms with Gasteiger partial charge in [-0.3, -0.25) is 9.67 Å². The average Bonchev–Trinajstić information content (AvgIpc) is 3.13. The van der Waals surface area contributed by atoms with Gasteiger partial charge in [0.15, 0.2) is 9.84 Å². The van der Waals surface area contributed by atoms with Crippen molar-refractivity contribution >= 4 is 20.7 Å². The molecule has 0 saturated carbocycles. The van der Waals surface area contributed by atoms with E-state index in [1.54, 1.807) is 10.9 Å². The first kappa shape index (κ1) is 14.3. The van der Waals surface area contributed by atoms with Gasteiger partial charge in [0.25, 0.3) is 0 Å². The van der Waals surface area contributed by atoms with Crippen molar-refractivity contribution in [2.24, 2.45) is 5.92 Å². The van der Waals surface area contributed by atoms with Gasteiger partial charge in [0.2, 0.25) is 0 Å². The van der Waals surface area contributed by atoms with E-state index in [1.807, 2.05) is 36.5 Å². The molecule has 1 atom stereocenters. The molecule has 0 unspecified atom stereocenters. The van der Waals surface area contributed by atoms with Crippen LogP contribution >= 0.6 is 0 Å². The minimum absolute atomic E-state index is 0.128. The molecule has 2 aromatic heterocycles. The number of hydrogen-bond acceptors (Lipinski definition) is 5. The molecule has 0 N–H and O–H groups in total. The molecule has 23 heavy (non-hydrogen) atoms. The van der Waals surface area contributed by atoms with Crippen LogP contribution in [0, 0.1) is 5.92 Å². The molecule has 4 rings (SSSR count). The second-order valence-corrected chi connectivity index (χ2v) is 8.20. The lowest BCUT2D eigenvalue weighted by Crippen LogP contribution is -2.12. The Hall–Kier alpha value is -2.28. The highest BCUT2D eigenvalue weighted by molar-refractivity contribution is 7.91. The van der Waals surface area contributed by atoms with Crippen molar-refractivity contribution in [1.29, 1.82) is 0 Å². The number of sulfone groups is 1. The summed E-state index contributed by atoms with van der Waals surface area (Å²) in [6.07, 6.45) is 4.35. The van der Waals surface area contributed by atoms with Gasteiger partial charge in [0.05, 0.1) is 23.2 Å². The molecule has 118 valence electrons. The number of benzene rings is 1. The van der Waals surface area contributed by atoms with E-state index in [0.717, 1.165) is 22.2 Å². The van der Waals surface area contributed by atoms with Gasteiger partial charge in [-0.15, -0.1) is 5.10 Å². The van der Waals surface area contributed by atoms with E-state index in [2.05, 4.69) is 15.3 Å². The normalized spacial score (nSPS) is 20.1. The fourth-order valence-electron chi connectivity index (χ4n) is 3.11. The Morgan fingerprint density at radius 3 is 2.91 bits per heavy atom. The topological polar surface area (TPSA) is 77.7 Å². The summed E-state index contributed by atoms with van der Waals surface area (Å²) in [6, 6.07) is 9.83. The van der Waals surface area contributed by atoms with Gasteiger partial charge < -0.3 is 0 Å². The molecule has 0 radical (unpaired) electrons. The highest BCUT2D eigenvalue weighted by Crippen LogP contribution is 2.26. The molecule has 1 aliphatic rings. The maximum Gasteiger partial charge on any atom is 0.150 e. The minimum Gasteiger partial charge on any atom is -0.256 e. The van der Waals surface area contributed by atoms with Crippen molar-refractivity contribution in [3.63, 3.8) is 0 Å². The summed E-state index contributed by atoms with van der Waals surface area (Å²) in [5, 5.41) is 9.45. The van der Waals surface area contributed by atoms with Crippen LogP contribution in [0.2, 0.25) is 0 Å². The number of aromatic nitrogens is 4. The second kappa shape index (κ2) is 5.42. The van der Waals surface area contributed by atoms with E-state index in [4.69, 9.17) is 0 Å². The van der Waals surface area contributed by atoms with E-state index in [1.165, 1.54) is 0 Å². The molecule has 0 amide bonds. The smallest absolute Gasteiger partial charge is 0.150 e. The summed E-state index contributed by atoms with van der Waals surface area (Å²) in [4.78, 5) is 4.35. The SMILES string of the molecule is O=S1(=O)CC[C@H](Cn2cc(-c3ccnc4ccccc34)nn2)C1. The van der Waals surface area contributed by atoms with Crippen molar-refractivity contribution in [2.75, 3.05) is 11.5 Å². The van der Waals surface area contributed by atoms with Gasteiger partial charge in [-0.25, -0.2) is 8.42 Å². The maximum absolute atomic E-state index is 11.6. The molecule has 0 spiro atoms. The lowest BCUT2D eigenvalue weighted by atomic mass is 10.1. The molecular formula is C16H16N4O2S. The number of fused-ring (bicyclic) bond motifs is 1. The van der Waals surface area contributed by atoms with Gasteiger partial charge >= 0.3 is 0 Å². The summed E-state index contributed by atoms with van der Waals surface area (Å²) in [5.41, 5.74) is 2.69. The first-order valence-electron chi connectivity index (χ1n) is 7.55. The highest BCUT2D eigenvalue weighted by Gasteiger charge is 2.28. The third-order valence-corrected chi connectivity index (χ3v) is 6.07. The summed E-state index contributed by atoms with van der Waals surface area (Å²) in [6.45, 7) is 0.593. The Bertz CT molecular complexity index is 960. The summed E-state index contributed by atoms with van der Waals surface area (Å²) >= 11 is 0. The zero-order valence-corrected chi connectivity index (χ0v) is 13.3. The zero-order chi connectivity index (χ0) is 15.9. The third kappa shape index (κ3) is 2.84. The molecule has 3 aromatic rings. The Kier molecular flexibility index (Phi) is 3.37. The molecule has 1 saturated heterocycles. The fraction of sp³-hybridized carbons (Fsp3) is 0.312. The van der Waals surface area contributed by atoms with Gasteiger partial charge in [-0.05, 0) is 24.5 Å². The van der Waals surface area contributed by atoms with Gasteiger partial charge in [-0.2, -0.15) is 0 Å². The molecule has 0 aliphatic carbocycles. The number of nitrogens with zero attached hydrogens (tertiary/aromatic N) is 4. The van der Waals surface area contributed by atoms with Crippen molar-refractivity contribution < 1.29 is 8.42 Å². The van der Waals surface area contributed by atoms with E-state index >= 15 is 0 Å². The average molecular weight is 328 g/mol. The van der Waals surface area contributed by atoms with E-state index in [0.29, 0.717) is 13.0 Å². The Morgan fingerprint density at radius 1 is 1.22 bits per heavy atom. The predicted molar refractivity (Wildman–Crippen MR) is 87.5 cm³/mol. The number of pyridine rings is 1. The molecule has 3 heterocycles. The molecule has 6 nitrogen and oxygen atoms in total. The molecule has 7 heteroatoms. The number of para-hydroxylation sites is 1. The van der Waals surface area contributed by atoms with Crippen LogP contribution in [0.25, 0.3) is 22.2 Å². The van der Waals surface area contributed by atoms with Crippen molar-refractivity contribution in [2.45, 2.75) is 13.0 Å². The molecular weight excluding hydrogens is 312 g/mol. The largest absolute Gasteiger partial charge is 0.256 e. The van der Waals surface area contributed by atoms with Gasteiger partial charge in [-0.1, -0.05) is 23.4 Å². The van der Waals surface area contributed by atoms with Crippen LogP contribution in [0.3, 0.4) is 0 Å². The first-order valence-corrected chi connectivity index (χ1v) is 9.37. The van der Waals surface area contributed by atoms with Crippen LogP contribution in [0.15, 0.2) is 42.7 Å². The summed E-state index contributed by atoms with van der Waals surface area (Å²) in [7, 11) is -2.86. The first-order chi connectivity index (χ1) is 11.1. The lowest BCUT2D eigenvalue weighted by Gasteiger charge is -2.06. The van der Waals surface area contributed by atoms with Crippen LogP contribution in [0.4, 0.5) is 0 Å². The van der Waals surface area contributed by atoms with Crippen LogP contribution in [-0.4, -0.2) is 39.9 Å². The minimum atomic E-state index is -2.86. The molecule has 1 fully saturated rings. The van der Waals surface area contributed by atoms with E-state index < -0.39 is 9.84 Å². The zero-order valence-electron chi connectivity index (χ0n) is 12.5. The Balaban J connectivity index is 1.63. The van der Waals surface area contributed by atoms with E-state index in [9.17, 15) is 8.42 Å². The predicted octanol–water partition coefficient (Wildman–Crippen LogP) is 1.93. The fourth-order valence-corrected chi connectivity index (χ4v) is 4.96. The molecule has 1 aliphatic heterocycles. The Morgan fingerprint density at radius 2 is 2.09 bits per heavy atom. The van der Waals surface area contributed by atoms with Crippen molar-refractivity contribution in [3.05, 3.63) is 42.7 Å². The second-order valence-electron chi connectivity index (χ2n) is 5.97. The third-order valence-electron chi connectivity index (χ3n) is 4.24. The summed E-state index contributed by atoms with van der Waals surface area (Å²) < 4.78 is 24.9. The standard InChI is InChI=1S/C16H16N4O2S/c21-23(22)8-6-12(11-23)9-20-10-16(18-19-20)14-5-7-17-15-4-2-1-3-13(14)15/h1-5,7,10,12H,6,8-9,11H2/t12-/m1/s1. The quantitative estimate of drug-likeness (QED) is 0.734. The Labute approximate surface area is 134 Å². The van der Waals surface area contributed by atoms with Crippen LogP contribution in [-0.2, 0) is 16.4 Å². The highest BCUT2D eigenvalue weighted by atomic mass is 32.2. The van der Waals surface area contributed by atoms with Gasteiger partial charge in [0.1, 0.15) is 5.69 Å². The van der Waals surface area contributed by atoms with Crippen LogP contribution < -0.4 is 0 Å². The number of hydrogen-bond donors (Lipinski definition) is 0. The van der Waals surface area contributed by atoms with Crippen LogP contribution in [0.1, 0.15) is 6.42 Å². The van der Waals surface area contributed by atoms with Crippen molar-refractivity contribution in [3.8, 4) is 11.3 Å². The summed E-state index contributed by atoms with van der Waals surface area (Å²) in [5.74, 6) is 0.665. The maximum atomic E-state index is 11.6. The van der Waals surface area contributed by atoms with Crippen LogP contribution in [0.5, 0.6) is 0 Å². The molecule has 0 bridgehead atoms. The van der Waals surface area contributed by atoms with E-state index in [-0.39, 0.29) is 17.4 Å². The molecule has 1 aromatic carbocycles. The monoisotopic (exact) mass is 328 g/mol. The number of rotatable bonds is 3.